The van der Waals surface area contributed by atoms with Gasteiger partial charge in [0.2, 0.25) is 0 Å². The molecule has 2 atom stereocenters. The minimum Gasteiger partial charge on any atom is -0.479 e. The normalized spacial score (nSPS) is 26.5. The van der Waals surface area contributed by atoms with E-state index in [-0.39, 0.29) is 6.61 Å². The molecule has 2 unspecified atom stereocenters. The van der Waals surface area contributed by atoms with Gasteiger partial charge in [0.15, 0.2) is 6.61 Å². The fourth-order valence-electron chi connectivity index (χ4n) is 2.92. The highest BCUT2D eigenvalue weighted by atomic mass is 16.5. The van der Waals surface area contributed by atoms with E-state index in [1.54, 1.807) is 0 Å². The molecular formula is C16H22N2O. The molecule has 1 fully saturated rings. The summed E-state index contributed by atoms with van der Waals surface area (Å²) in [6, 6.07) is 10.4. The van der Waals surface area contributed by atoms with Crippen LogP contribution in [-0.4, -0.2) is 12.6 Å². The van der Waals surface area contributed by atoms with Crippen molar-refractivity contribution in [2.45, 2.75) is 39.2 Å². The highest BCUT2D eigenvalue weighted by Gasteiger charge is 2.27. The van der Waals surface area contributed by atoms with E-state index in [1.807, 2.05) is 30.3 Å². The average molecular weight is 258 g/mol. The number of hydrogen-bond acceptors (Lipinski definition) is 3. The van der Waals surface area contributed by atoms with Gasteiger partial charge in [0.25, 0.3) is 0 Å². The van der Waals surface area contributed by atoms with Crippen molar-refractivity contribution >= 4 is 5.69 Å². The molecule has 1 N–H and O–H groups in total. The second-order valence-corrected chi connectivity index (χ2v) is 5.53. The van der Waals surface area contributed by atoms with Gasteiger partial charge in [-0.3, -0.25) is 0 Å². The highest BCUT2D eigenvalue weighted by molar-refractivity contribution is 5.47. The predicted molar refractivity (Wildman–Crippen MR) is 77.1 cm³/mol. The maximum atomic E-state index is 8.47. The monoisotopic (exact) mass is 258 g/mol. The number of nitrogens with zero attached hydrogens (tertiary/aromatic N) is 1. The minimum atomic E-state index is 0.101. The lowest BCUT2D eigenvalue weighted by atomic mass is 9.78. The van der Waals surface area contributed by atoms with E-state index >= 15 is 0 Å². The maximum absolute atomic E-state index is 8.47. The Kier molecular flexibility index (Phi) is 4.68. The van der Waals surface area contributed by atoms with Crippen LogP contribution in [0.4, 0.5) is 5.69 Å². The molecule has 0 heterocycles. The van der Waals surface area contributed by atoms with Gasteiger partial charge in [-0.05, 0) is 48.9 Å². The molecule has 0 aromatic heterocycles. The Morgan fingerprint density at radius 1 is 1.21 bits per heavy atom. The number of nitriles is 1. The molecule has 1 aromatic rings. The van der Waals surface area contributed by atoms with Crippen molar-refractivity contribution < 1.29 is 4.74 Å². The van der Waals surface area contributed by atoms with Crippen LogP contribution >= 0.6 is 0 Å². The maximum Gasteiger partial charge on any atom is 0.174 e. The van der Waals surface area contributed by atoms with Gasteiger partial charge in [0.05, 0.1) is 0 Å². The first-order valence-corrected chi connectivity index (χ1v) is 7.07. The molecule has 1 saturated carbocycles. The lowest BCUT2D eigenvalue weighted by Crippen LogP contribution is -2.36. The predicted octanol–water partition coefficient (Wildman–Crippen LogP) is 3.83. The van der Waals surface area contributed by atoms with Crippen LogP contribution in [0.3, 0.4) is 0 Å². The third kappa shape index (κ3) is 3.64. The van der Waals surface area contributed by atoms with Gasteiger partial charge in [-0.2, -0.15) is 5.26 Å². The number of rotatable bonds is 4. The van der Waals surface area contributed by atoms with E-state index in [1.165, 1.54) is 19.3 Å². The number of hydrogen-bond donors (Lipinski definition) is 1. The summed E-state index contributed by atoms with van der Waals surface area (Å²) in [5, 5.41) is 12.1. The molecule has 0 aliphatic heterocycles. The Morgan fingerprint density at radius 2 is 1.84 bits per heavy atom. The first kappa shape index (κ1) is 13.7. The first-order chi connectivity index (χ1) is 9.20. The molecule has 0 saturated heterocycles. The van der Waals surface area contributed by atoms with E-state index in [2.05, 4.69) is 19.2 Å². The number of nitrogens with one attached hydrogen (secondary N) is 1. The Labute approximate surface area is 115 Å². The summed E-state index contributed by atoms with van der Waals surface area (Å²) in [7, 11) is 0. The van der Waals surface area contributed by atoms with Crippen molar-refractivity contribution in [1.29, 1.82) is 5.26 Å². The molecule has 0 spiro atoms. The fraction of sp³-hybridized carbons (Fsp3) is 0.562. The van der Waals surface area contributed by atoms with Crippen molar-refractivity contribution in [3.8, 4) is 11.8 Å². The third-order valence-electron chi connectivity index (χ3n) is 4.04. The van der Waals surface area contributed by atoms with Gasteiger partial charge >= 0.3 is 0 Å². The second-order valence-electron chi connectivity index (χ2n) is 5.53. The molecule has 2 rings (SSSR count). The number of benzene rings is 1. The SMILES string of the molecule is CC1CCCC(C)C1Nc1ccc(OCC#N)cc1. The van der Waals surface area contributed by atoms with Crippen LogP contribution in [0.1, 0.15) is 33.1 Å². The van der Waals surface area contributed by atoms with Crippen LogP contribution in [0.25, 0.3) is 0 Å². The zero-order valence-electron chi connectivity index (χ0n) is 11.7. The molecule has 1 aromatic carbocycles. The van der Waals surface area contributed by atoms with Crippen LogP contribution in [-0.2, 0) is 0 Å². The summed E-state index contributed by atoms with van der Waals surface area (Å²) in [5.74, 6) is 2.19. The van der Waals surface area contributed by atoms with Crippen molar-refractivity contribution in [2.24, 2.45) is 11.8 Å². The van der Waals surface area contributed by atoms with Crippen LogP contribution in [0.5, 0.6) is 5.75 Å². The smallest absolute Gasteiger partial charge is 0.174 e. The van der Waals surface area contributed by atoms with Crippen LogP contribution in [0, 0.1) is 23.2 Å². The van der Waals surface area contributed by atoms with Gasteiger partial charge in [-0.25, -0.2) is 0 Å². The van der Waals surface area contributed by atoms with Crippen LogP contribution in [0.2, 0.25) is 0 Å². The Bertz CT molecular complexity index is 425. The average Bonchev–Trinajstić information content (AvgIpc) is 2.42. The summed E-state index contributed by atoms with van der Waals surface area (Å²) in [4.78, 5) is 0. The third-order valence-corrected chi connectivity index (χ3v) is 4.04. The van der Waals surface area contributed by atoms with E-state index in [4.69, 9.17) is 10.00 Å². The number of ether oxygens (including phenoxy) is 1. The molecule has 3 nitrogen and oxygen atoms in total. The number of anilines is 1. The van der Waals surface area contributed by atoms with E-state index in [0.717, 1.165) is 23.3 Å². The first-order valence-electron chi connectivity index (χ1n) is 7.07. The summed E-state index contributed by atoms with van der Waals surface area (Å²) in [6.07, 6.45) is 3.97. The standard InChI is InChI=1S/C16H22N2O/c1-12-4-3-5-13(2)16(12)18-14-6-8-15(9-7-14)19-11-10-17/h6-9,12-13,16,18H,3-5,11H2,1-2H3. The van der Waals surface area contributed by atoms with Crippen molar-refractivity contribution in [3.05, 3.63) is 24.3 Å². The molecule has 0 amide bonds. The van der Waals surface area contributed by atoms with Gasteiger partial charge < -0.3 is 10.1 Å². The van der Waals surface area contributed by atoms with Crippen molar-refractivity contribution in [2.75, 3.05) is 11.9 Å². The topological polar surface area (TPSA) is 45.0 Å². The summed E-state index contributed by atoms with van der Waals surface area (Å²) in [5.41, 5.74) is 1.13. The molecule has 19 heavy (non-hydrogen) atoms. The zero-order chi connectivity index (χ0) is 13.7. The summed E-state index contributed by atoms with van der Waals surface area (Å²) in [6.45, 7) is 4.76. The van der Waals surface area contributed by atoms with Gasteiger partial charge in [-0.15, -0.1) is 0 Å². The van der Waals surface area contributed by atoms with Crippen molar-refractivity contribution in [3.63, 3.8) is 0 Å². The van der Waals surface area contributed by atoms with Crippen LogP contribution < -0.4 is 10.1 Å². The molecule has 102 valence electrons. The lowest BCUT2D eigenvalue weighted by molar-refractivity contribution is 0.268. The molecule has 3 heteroatoms. The minimum absolute atomic E-state index is 0.101. The Morgan fingerprint density at radius 3 is 2.42 bits per heavy atom. The largest absolute Gasteiger partial charge is 0.479 e. The Balaban J connectivity index is 1.96. The molecule has 0 radical (unpaired) electrons. The quantitative estimate of drug-likeness (QED) is 0.892. The molecule has 1 aliphatic carbocycles. The summed E-state index contributed by atoms with van der Waals surface area (Å²) >= 11 is 0. The molecular weight excluding hydrogens is 236 g/mol. The molecule has 0 bridgehead atoms. The van der Waals surface area contributed by atoms with E-state index < -0.39 is 0 Å². The fourth-order valence-corrected chi connectivity index (χ4v) is 2.92. The lowest BCUT2D eigenvalue weighted by Gasteiger charge is -2.35. The van der Waals surface area contributed by atoms with E-state index in [9.17, 15) is 0 Å². The molecule has 1 aliphatic rings. The second kappa shape index (κ2) is 6.47. The van der Waals surface area contributed by atoms with Gasteiger partial charge in [-0.1, -0.05) is 20.3 Å². The summed E-state index contributed by atoms with van der Waals surface area (Å²) < 4.78 is 5.25. The zero-order valence-corrected chi connectivity index (χ0v) is 11.7. The van der Waals surface area contributed by atoms with E-state index in [0.29, 0.717) is 6.04 Å². The Hall–Kier alpha value is -1.69. The van der Waals surface area contributed by atoms with Gasteiger partial charge in [0, 0.05) is 11.7 Å². The van der Waals surface area contributed by atoms with Gasteiger partial charge in [0.1, 0.15) is 11.8 Å². The highest BCUT2D eigenvalue weighted by Crippen LogP contribution is 2.31. The van der Waals surface area contributed by atoms with Crippen LogP contribution in [0.15, 0.2) is 24.3 Å². The van der Waals surface area contributed by atoms with Crippen molar-refractivity contribution in [1.82, 2.24) is 0 Å².